The number of hydrogen-bond acceptors (Lipinski definition) is 5. The number of hydrogen-bond donors (Lipinski definition) is 2. The van der Waals surface area contributed by atoms with Crippen LogP contribution in [0.1, 0.15) is 44.3 Å². The molecule has 106 valence electrons. The minimum atomic E-state index is -0.0220. The maximum atomic E-state index is 9.49. The molecule has 0 spiro atoms. The van der Waals surface area contributed by atoms with Crippen molar-refractivity contribution in [3.63, 3.8) is 0 Å². The van der Waals surface area contributed by atoms with Crippen LogP contribution in [0, 0.1) is 5.92 Å². The Balaban J connectivity index is 1.83. The summed E-state index contributed by atoms with van der Waals surface area (Å²) in [4.78, 5) is 4.41. The molecular weight excluding hydrogens is 256 g/mol. The summed E-state index contributed by atoms with van der Waals surface area (Å²) in [5.74, 6) is 2.16. The first kappa shape index (κ1) is 13.0. The smallest absolute Gasteiger partial charge is 0.258 e. The van der Waals surface area contributed by atoms with Crippen LogP contribution < -0.4 is 0 Å². The fourth-order valence-electron chi connectivity index (χ4n) is 2.75. The molecule has 20 heavy (non-hydrogen) atoms. The van der Waals surface area contributed by atoms with E-state index in [4.69, 9.17) is 4.52 Å². The second-order valence-electron chi connectivity index (χ2n) is 5.65. The lowest BCUT2D eigenvalue weighted by Crippen LogP contribution is -2.11. The van der Waals surface area contributed by atoms with Crippen molar-refractivity contribution in [2.45, 2.75) is 38.5 Å². The molecule has 1 heterocycles. The maximum absolute atomic E-state index is 9.49. The summed E-state index contributed by atoms with van der Waals surface area (Å²) in [6.45, 7) is 2.27. The summed E-state index contributed by atoms with van der Waals surface area (Å²) in [5, 5.41) is 23.0. The van der Waals surface area contributed by atoms with E-state index < -0.39 is 0 Å². The Morgan fingerprint density at radius 2 is 1.70 bits per heavy atom. The number of rotatable bonds is 2. The lowest BCUT2D eigenvalue weighted by Gasteiger charge is -2.23. The van der Waals surface area contributed by atoms with Crippen molar-refractivity contribution in [3.8, 4) is 23.0 Å². The highest BCUT2D eigenvalue weighted by Crippen LogP contribution is 2.35. The molecule has 3 rings (SSSR count). The van der Waals surface area contributed by atoms with Gasteiger partial charge in [0.05, 0.1) is 0 Å². The number of phenols is 2. The third-order valence-electron chi connectivity index (χ3n) is 3.97. The zero-order chi connectivity index (χ0) is 14.1. The predicted octanol–water partition coefficient (Wildman–Crippen LogP) is 3.44. The number of benzene rings is 1. The average molecular weight is 274 g/mol. The summed E-state index contributed by atoms with van der Waals surface area (Å²) >= 11 is 0. The van der Waals surface area contributed by atoms with Gasteiger partial charge in [0.2, 0.25) is 0 Å². The molecule has 0 atom stereocenters. The molecule has 1 fully saturated rings. The quantitative estimate of drug-likeness (QED) is 0.876. The molecule has 0 aliphatic heterocycles. The molecule has 1 aromatic heterocycles. The van der Waals surface area contributed by atoms with E-state index in [1.165, 1.54) is 31.0 Å². The minimum absolute atomic E-state index is 0.0220. The molecule has 0 radical (unpaired) electrons. The molecule has 0 bridgehead atoms. The highest BCUT2D eigenvalue weighted by atomic mass is 16.5. The number of aromatic hydroxyl groups is 2. The first-order valence-corrected chi connectivity index (χ1v) is 6.99. The Kier molecular flexibility index (Phi) is 3.34. The summed E-state index contributed by atoms with van der Waals surface area (Å²) in [6.07, 6.45) is 4.57. The fraction of sp³-hybridized carbons (Fsp3) is 0.467. The molecular formula is C15H18N2O3. The molecule has 5 heteroatoms. The van der Waals surface area contributed by atoms with Crippen molar-refractivity contribution >= 4 is 0 Å². The molecule has 1 aromatic carbocycles. The summed E-state index contributed by atoms with van der Waals surface area (Å²) < 4.78 is 5.26. The fourth-order valence-corrected chi connectivity index (χ4v) is 2.75. The molecule has 1 aliphatic rings. The van der Waals surface area contributed by atoms with Crippen molar-refractivity contribution in [2.75, 3.05) is 0 Å². The topological polar surface area (TPSA) is 79.4 Å². The highest BCUT2D eigenvalue weighted by molar-refractivity contribution is 5.58. The summed E-state index contributed by atoms with van der Waals surface area (Å²) in [5.41, 5.74) is 0.533. The van der Waals surface area contributed by atoms with Gasteiger partial charge < -0.3 is 14.7 Å². The summed E-state index contributed by atoms with van der Waals surface area (Å²) in [7, 11) is 0. The van der Waals surface area contributed by atoms with E-state index >= 15 is 0 Å². The Hall–Kier alpha value is -2.04. The van der Waals surface area contributed by atoms with Crippen LogP contribution in [0.25, 0.3) is 11.5 Å². The van der Waals surface area contributed by atoms with E-state index in [1.807, 2.05) is 0 Å². The van der Waals surface area contributed by atoms with Crippen LogP contribution in [-0.2, 0) is 0 Å². The van der Waals surface area contributed by atoms with Gasteiger partial charge in [-0.3, -0.25) is 0 Å². The normalized spacial score (nSPS) is 22.9. The Morgan fingerprint density at radius 3 is 2.35 bits per heavy atom. The third kappa shape index (κ3) is 2.61. The maximum Gasteiger partial charge on any atom is 0.258 e. The molecule has 1 saturated carbocycles. The molecule has 0 amide bonds. The van der Waals surface area contributed by atoms with Crippen molar-refractivity contribution in [1.82, 2.24) is 10.1 Å². The van der Waals surface area contributed by atoms with Gasteiger partial charge in [-0.1, -0.05) is 24.9 Å². The van der Waals surface area contributed by atoms with Crippen molar-refractivity contribution in [1.29, 1.82) is 0 Å². The molecule has 1 aliphatic carbocycles. The summed E-state index contributed by atoms with van der Waals surface area (Å²) in [6, 6.07) is 4.27. The Morgan fingerprint density at radius 1 is 1.05 bits per heavy atom. The van der Waals surface area contributed by atoms with Crippen molar-refractivity contribution in [3.05, 3.63) is 24.0 Å². The predicted molar refractivity (Wildman–Crippen MR) is 73.4 cm³/mol. The highest BCUT2D eigenvalue weighted by Gasteiger charge is 2.24. The van der Waals surface area contributed by atoms with Gasteiger partial charge in [0, 0.05) is 17.5 Å². The van der Waals surface area contributed by atoms with Crippen LogP contribution in [0.15, 0.2) is 22.7 Å². The SMILES string of the molecule is CC1CCC(c2noc(-c3cc(O)cc(O)c3)n2)CC1. The second-order valence-corrected chi connectivity index (χ2v) is 5.65. The number of aromatic nitrogens is 2. The first-order chi connectivity index (χ1) is 9.61. The first-order valence-electron chi connectivity index (χ1n) is 6.99. The lowest BCUT2D eigenvalue weighted by molar-refractivity contribution is 0.329. The molecule has 2 aromatic rings. The van der Waals surface area contributed by atoms with Crippen LogP contribution in [0.5, 0.6) is 11.5 Å². The molecule has 0 saturated heterocycles. The van der Waals surface area contributed by atoms with E-state index in [9.17, 15) is 10.2 Å². The van der Waals surface area contributed by atoms with Crippen LogP contribution in [0.3, 0.4) is 0 Å². The lowest BCUT2D eigenvalue weighted by atomic mass is 9.83. The number of nitrogens with zero attached hydrogens (tertiary/aromatic N) is 2. The van der Waals surface area contributed by atoms with E-state index in [1.54, 1.807) is 0 Å². The van der Waals surface area contributed by atoms with E-state index in [-0.39, 0.29) is 11.5 Å². The van der Waals surface area contributed by atoms with E-state index in [2.05, 4.69) is 17.1 Å². The second kappa shape index (κ2) is 5.15. The van der Waals surface area contributed by atoms with Gasteiger partial charge >= 0.3 is 0 Å². The molecule has 2 N–H and O–H groups in total. The van der Waals surface area contributed by atoms with Gasteiger partial charge in [-0.25, -0.2) is 0 Å². The van der Waals surface area contributed by atoms with Gasteiger partial charge in [-0.05, 0) is 30.9 Å². The molecule has 5 nitrogen and oxygen atoms in total. The van der Waals surface area contributed by atoms with Crippen LogP contribution >= 0.6 is 0 Å². The van der Waals surface area contributed by atoms with Crippen molar-refractivity contribution in [2.24, 2.45) is 5.92 Å². The molecule has 0 unspecified atom stereocenters. The standard InChI is InChI=1S/C15H18N2O3/c1-9-2-4-10(5-3-9)14-16-15(20-17-14)11-6-12(18)8-13(19)7-11/h6-10,18-19H,2-5H2,1H3. The minimum Gasteiger partial charge on any atom is -0.508 e. The average Bonchev–Trinajstić information content (AvgIpc) is 2.88. The van der Waals surface area contributed by atoms with Gasteiger partial charge in [-0.2, -0.15) is 4.98 Å². The van der Waals surface area contributed by atoms with E-state index in [0.29, 0.717) is 17.4 Å². The van der Waals surface area contributed by atoms with Crippen LogP contribution in [0.4, 0.5) is 0 Å². The monoisotopic (exact) mass is 274 g/mol. The van der Waals surface area contributed by atoms with Crippen molar-refractivity contribution < 1.29 is 14.7 Å². The van der Waals surface area contributed by atoms with E-state index in [0.717, 1.165) is 24.6 Å². The number of phenolic OH excluding ortho intramolecular Hbond substituents is 2. The van der Waals surface area contributed by atoms with Crippen LogP contribution in [0.2, 0.25) is 0 Å². The van der Waals surface area contributed by atoms with Crippen LogP contribution in [-0.4, -0.2) is 20.4 Å². The Labute approximate surface area is 117 Å². The Bertz CT molecular complexity index is 581. The zero-order valence-electron chi connectivity index (χ0n) is 11.4. The van der Waals surface area contributed by atoms with Gasteiger partial charge in [0.1, 0.15) is 11.5 Å². The van der Waals surface area contributed by atoms with Gasteiger partial charge in [0.25, 0.3) is 5.89 Å². The third-order valence-corrected chi connectivity index (χ3v) is 3.97. The largest absolute Gasteiger partial charge is 0.508 e. The van der Waals surface area contributed by atoms with Gasteiger partial charge in [0.15, 0.2) is 5.82 Å². The van der Waals surface area contributed by atoms with Gasteiger partial charge in [-0.15, -0.1) is 0 Å². The zero-order valence-corrected chi connectivity index (χ0v) is 11.4.